The Kier molecular flexibility index (Phi) is 9.02. The fraction of sp³-hybridized carbons (Fsp3) is 0.244. The molecule has 6 heteroatoms. The molecule has 8 rings (SSSR count). The van der Waals surface area contributed by atoms with Crippen molar-refractivity contribution in [2.45, 2.75) is 60.4 Å². The van der Waals surface area contributed by atoms with Gasteiger partial charge in [0.2, 0.25) is 5.71 Å². The second kappa shape index (κ2) is 13.0. The maximum atomic E-state index is 6.08. The largest absolute Gasteiger partial charge is 0.486 e. The van der Waals surface area contributed by atoms with Gasteiger partial charge in [-0.2, -0.15) is 0 Å². The summed E-state index contributed by atoms with van der Waals surface area (Å²) in [4.78, 5) is 14.0. The zero-order chi connectivity index (χ0) is 32.0. The molecular formula is C41H38IrN4O-2. The van der Waals surface area contributed by atoms with Gasteiger partial charge in [0, 0.05) is 43.9 Å². The topological polar surface area (TPSA) is 56.7 Å². The molecule has 1 aliphatic rings. The predicted molar refractivity (Wildman–Crippen MR) is 189 cm³/mol. The third-order valence-corrected chi connectivity index (χ3v) is 8.35. The average Bonchev–Trinajstić information content (AvgIpc) is 3.60. The summed E-state index contributed by atoms with van der Waals surface area (Å²) in [5.41, 5.74) is 11.7. The summed E-state index contributed by atoms with van der Waals surface area (Å²) in [6.07, 6.45) is 7.29. The summed E-state index contributed by atoms with van der Waals surface area (Å²) in [6, 6.07) is 31.4. The number of allylic oxidation sites excluding steroid dienone is 1. The summed E-state index contributed by atoms with van der Waals surface area (Å²) in [5.74, 6) is 1.52. The Hall–Kier alpha value is -4.38. The van der Waals surface area contributed by atoms with Gasteiger partial charge < -0.3 is 14.0 Å². The van der Waals surface area contributed by atoms with Gasteiger partial charge in [0.1, 0.15) is 0 Å². The van der Waals surface area contributed by atoms with Crippen molar-refractivity contribution in [2.75, 3.05) is 0 Å². The molecule has 3 aromatic carbocycles. The number of hydrogen-bond acceptors (Lipinski definition) is 4. The third kappa shape index (κ3) is 6.58. The molecule has 0 saturated carbocycles. The first kappa shape index (κ1) is 32.6. The molecule has 5 heterocycles. The van der Waals surface area contributed by atoms with Crippen LogP contribution in [0.3, 0.4) is 0 Å². The van der Waals surface area contributed by atoms with Gasteiger partial charge in [0.15, 0.2) is 0 Å². The van der Waals surface area contributed by atoms with Gasteiger partial charge in [-0.3, -0.25) is 4.98 Å². The SMILES string of the molecule is CC(C)c1cc2c3c(c1)nc(-c1[c-]cccc1)n3CC=C2.Cc1ccc2c(n1)oc1c(-c3cc(CC(C)(C)C)ccn3)[c-]ccc12.[Ir]. The van der Waals surface area contributed by atoms with Crippen molar-refractivity contribution >= 4 is 39.2 Å². The van der Waals surface area contributed by atoms with Crippen LogP contribution in [-0.4, -0.2) is 19.5 Å². The fourth-order valence-corrected chi connectivity index (χ4v) is 6.22. The maximum Gasteiger partial charge on any atom is 0.216 e. The molecule has 1 aliphatic heterocycles. The van der Waals surface area contributed by atoms with Crippen LogP contribution in [0.1, 0.15) is 62.9 Å². The van der Waals surface area contributed by atoms with Crippen LogP contribution in [0.4, 0.5) is 0 Å². The van der Waals surface area contributed by atoms with Crippen molar-refractivity contribution in [2.24, 2.45) is 5.41 Å². The van der Waals surface area contributed by atoms with Crippen molar-refractivity contribution in [3.8, 4) is 22.6 Å². The molecule has 4 aromatic heterocycles. The molecule has 239 valence electrons. The minimum atomic E-state index is 0. The Morgan fingerprint density at radius 3 is 2.55 bits per heavy atom. The zero-order valence-electron chi connectivity index (χ0n) is 27.7. The van der Waals surface area contributed by atoms with Crippen molar-refractivity contribution in [3.63, 3.8) is 0 Å². The summed E-state index contributed by atoms with van der Waals surface area (Å²) < 4.78 is 8.37. The summed E-state index contributed by atoms with van der Waals surface area (Å²) in [6.45, 7) is 14.0. The van der Waals surface area contributed by atoms with Crippen LogP contribution >= 0.6 is 0 Å². The van der Waals surface area contributed by atoms with Crippen molar-refractivity contribution in [1.82, 2.24) is 19.5 Å². The molecule has 0 spiro atoms. The van der Waals surface area contributed by atoms with Crippen LogP contribution in [0.25, 0.3) is 61.8 Å². The van der Waals surface area contributed by atoms with E-state index in [0.717, 1.165) is 63.2 Å². The van der Waals surface area contributed by atoms with Gasteiger partial charge in [0.25, 0.3) is 0 Å². The van der Waals surface area contributed by atoms with Crippen LogP contribution in [0.15, 0.2) is 89.5 Å². The number of aromatic nitrogens is 4. The smallest absolute Gasteiger partial charge is 0.216 e. The molecule has 7 aromatic rings. The molecule has 0 atom stereocenters. The van der Waals surface area contributed by atoms with Gasteiger partial charge >= 0.3 is 0 Å². The Morgan fingerprint density at radius 2 is 1.79 bits per heavy atom. The van der Waals surface area contributed by atoms with Crippen LogP contribution in [0.5, 0.6) is 0 Å². The summed E-state index contributed by atoms with van der Waals surface area (Å²) in [7, 11) is 0. The number of aryl methyl sites for hydroxylation is 1. The number of imidazole rings is 1. The molecule has 0 bridgehead atoms. The Labute approximate surface area is 290 Å². The summed E-state index contributed by atoms with van der Waals surface area (Å²) in [5, 5.41) is 2.08. The first-order chi connectivity index (χ1) is 22.1. The summed E-state index contributed by atoms with van der Waals surface area (Å²) >= 11 is 0. The van der Waals surface area contributed by atoms with E-state index in [-0.39, 0.29) is 25.5 Å². The minimum absolute atomic E-state index is 0. The molecule has 0 aliphatic carbocycles. The monoisotopic (exact) mass is 795 g/mol. The minimum Gasteiger partial charge on any atom is -0.486 e. The molecule has 0 saturated heterocycles. The Morgan fingerprint density at radius 1 is 0.936 bits per heavy atom. The first-order valence-electron chi connectivity index (χ1n) is 16.0. The van der Waals surface area contributed by atoms with Crippen LogP contribution in [-0.2, 0) is 33.1 Å². The number of hydrogen-bond donors (Lipinski definition) is 0. The molecule has 0 amide bonds. The third-order valence-electron chi connectivity index (χ3n) is 8.35. The second-order valence-corrected chi connectivity index (χ2v) is 13.6. The quantitative estimate of drug-likeness (QED) is 0.167. The van der Waals surface area contributed by atoms with Crippen LogP contribution in [0.2, 0.25) is 0 Å². The van der Waals surface area contributed by atoms with E-state index >= 15 is 0 Å². The molecular weight excluding hydrogens is 757 g/mol. The number of benzene rings is 3. The number of rotatable bonds is 4. The van der Waals surface area contributed by atoms with E-state index in [1.807, 2.05) is 49.5 Å². The van der Waals surface area contributed by atoms with E-state index in [2.05, 4.69) is 110 Å². The normalized spacial score (nSPS) is 12.4. The van der Waals surface area contributed by atoms with Gasteiger partial charge in [-0.05, 0) is 71.8 Å². The molecule has 0 unspecified atom stereocenters. The standard InChI is InChI=1S/C22H21N2O.C19H17N2.Ir/c1-14-8-9-17-16-6-5-7-18(20(16)25-21(17)24-14)19-12-15(10-11-23-19)13-22(2,3)4;1-13(2)16-11-15-9-6-10-21-18(15)17(12-16)20-19(21)14-7-4-3-5-8-14;/h5-6,8-12H,13H2,1-4H3;3-7,9,11-13H,10H2,1-2H3;/q2*-1;. The van der Waals surface area contributed by atoms with E-state index in [0.29, 0.717) is 11.6 Å². The van der Waals surface area contributed by atoms with E-state index in [1.54, 1.807) is 0 Å². The van der Waals surface area contributed by atoms with E-state index < -0.39 is 0 Å². The maximum absolute atomic E-state index is 6.08. The molecule has 0 fully saturated rings. The molecule has 5 nitrogen and oxygen atoms in total. The second-order valence-electron chi connectivity index (χ2n) is 13.6. The molecule has 47 heavy (non-hydrogen) atoms. The van der Waals surface area contributed by atoms with E-state index in [9.17, 15) is 0 Å². The molecule has 1 radical (unpaired) electrons. The number of fused-ring (bicyclic) bond motifs is 3. The molecule has 0 N–H and O–H groups in total. The number of nitrogens with zero attached hydrogens (tertiary/aromatic N) is 4. The van der Waals surface area contributed by atoms with Crippen LogP contribution < -0.4 is 0 Å². The Bertz CT molecular complexity index is 2240. The van der Waals surface area contributed by atoms with Crippen molar-refractivity contribution in [3.05, 3.63) is 120 Å². The van der Waals surface area contributed by atoms with Gasteiger partial charge in [-0.1, -0.05) is 69.4 Å². The average molecular weight is 795 g/mol. The van der Waals surface area contributed by atoms with Crippen LogP contribution in [0, 0.1) is 24.5 Å². The van der Waals surface area contributed by atoms with Gasteiger partial charge in [-0.25, -0.2) is 4.98 Å². The Balaban J connectivity index is 0.000000163. The number of furan rings is 1. The predicted octanol–water partition coefficient (Wildman–Crippen LogP) is 10.4. The van der Waals surface area contributed by atoms with E-state index in [4.69, 9.17) is 9.40 Å². The van der Waals surface area contributed by atoms with Gasteiger partial charge in [0.05, 0.1) is 22.4 Å². The number of pyridine rings is 2. The fourth-order valence-electron chi connectivity index (χ4n) is 6.22. The van der Waals surface area contributed by atoms with Crippen molar-refractivity contribution in [1.29, 1.82) is 0 Å². The van der Waals surface area contributed by atoms with E-state index in [1.165, 1.54) is 22.2 Å². The van der Waals surface area contributed by atoms with Crippen molar-refractivity contribution < 1.29 is 24.5 Å². The zero-order valence-corrected chi connectivity index (χ0v) is 30.1. The van der Waals surface area contributed by atoms with Gasteiger partial charge in [-0.15, -0.1) is 54.1 Å². The first-order valence-corrected chi connectivity index (χ1v) is 16.0.